The number of rotatable bonds is 4. The van der Waals surface area contributed by atoms with Gasteiger partial charge in [-0.15, -0.1) is 0 Å². The fourth-order valence-corrected chi connectivity index (χ4v) is 2.58. The molecule has 0 aromatic heterocycles. The van der Waals surface area contributed by atoms with Crippen molar-refractivity contribution >= 4 is 39.1 Å². The highest BCUT2D eigenvalue weighted by atomic mass is 79.9. The predicted octanol–water partition coefficient (Wildman–Crippen LogP) is 3.75. The van der Waals surface area contributed by atoms with Crippen molar-refractivity contribution in [1.29, 1.82) is 0 Å². The number of nitrogens with zero attached hydrogens (tertiary/aromatic N) is 1. The topological polar surface area (TPSA) is 49.4 Å². The summed E-state index contributed by atoms with van der Waals surface area (Å²) in [6.45, 7) is 3.33. The van der Waals surface area contributed by atoms with Gasteiger partial charge in [-0.2, -0.15) is 0 Å². The molecule has 2 rings (SSSR count). The van der Waals surface area contributed by atoms with Gasteiger partial charge in [-0.05, 0) is 46.6 Å². The minimum Gasteiger partial charge on any atom is -0.324 e. The molecule has 0 spiro atoms. The molecule has 114 valence electrons. The number of carbonyl (C=O) groups is 2. The van der Waals surface area contributed by atoms with Crippen LogP contribution in [0.25, 0.3) is 0 Å². The first-order chi connectivity index (χ1) is 10.5. The van der Waals surface area contributed by atoms with E-state index in [1.165, 1.54) is 11.8 Å². The Morgan fingerprint density at radius 3 is 2.36 bits per heavy atom. The summed E-state index contributed by atoms with van der Waals surface area (Å²) in [5.41, 5.74) is 2.41. The third kappa shape index (κ3) is 3.95. The molecule has 0 aliphatic rings. The summed E-state index contributed by atoms with van der Waals surface area (Å²) >= 11 is 3.41. The van der Waals surface area contributed by atoms with Crippen LogP contribution in [0.3, 0.4) is 0 Å². The fraction of sp³-hybridized carbons (Fsp3) is 0.176. The van der Waals surface area contributed by atoms with Crippen LogP contribution < -0.4 is 10.2 Å². The number of benzene rings is 2. The van der Waals surface area contributed by atoms with Crippen molar-refractivity contribution in [3.05, 3.63) is 58.6 Å². The molecule has 0 fully saturated rings. The maximum atomic E-state index is 12.2. The Kier molecular flexibility index (Phi) is 5.33. The molecule has 2 aromatic rings. The second-order valence-corrected chi connectivity index (χ2v) is 5.77. The lowest BCUT2D eigenvalue weighted by atomic mass is 10.2. The van der Waals surface area contributed by atoms with Crippen LogP contribution in [0.5, 0.6) is 0 Å². The van der Waals surface area contributed by atoms with E-state index in [2.05, 4.69) is 21.2 Å². The molecule has 2 amide bonds. The van der Waals surface area contributed by atoms with Gasteiger partial charge in [0.15, 0.2) is 0 Å². The van der Waals surface area contributed by atoms with Crippen LogP contribution in [-0.4, -0.2) is 18.4 Å². The quantitative estimate of drug-likeness (QED) is 0.902. The second kappa shape index (κ2) is 7.22. The lowest BCUT2D eigenvalue weighted by molar-refractivity contribution is -0.120. The minimum atomic E-state index is -0.236. The Bertz CT molecular complexity index is 701. The lowest BCUT2D eigenvalue weighted by Gasteiger charge is -2.22. The molecule has 0 bridgehead atoms. The van der Waals surface area contributed by atoms with E-state index in [1.807, 2.05) is 49.4 Å². The molecular formula is C17H17BrN2O2. The van der Waals surface area contributed by atoms with Crippen LogP contribution in [0.15, 0.2) is 53.0 Å². The molecule has 0 aliphatic heterocycles. The summed E-state index contributed by atoms with van der Waals surface area (Å²) in [5, 5.41) is 2.84. The minimum absolute atomic E-state index is 0.0354. The molecule has 22 heavy (non-hydrogen) atoms. The Labute approximate surface area is 138 Å². The van der Waals surface area contributed by atoms with Gasteiger partial charge < -0.3 is 10.2 Å². The van der Waals surface area contributed by atoms with Gasteiger partial charge in [0.25, 0.3) is 0 Å². The highest BCUT2D eigenvalue weighted by Gasteiger charge is 2.18. The first-order valence-corrected chi connectivity index (χ1v) is 7.66. The number of aryl methyl sites for hydroxylation is 1. The maximum absolute atomic E-state index is 12.2. The number of hydrogen-bond donors (Lipinski definition) is 1. The van der Waals surface area contributed by atoms with Crippen LogP contribution in [0, 0.1) is 6.92 Å². The number of carbonyl (C=O) groups excluding carboxylic acids is 2. The van der Waals surface area contributed by atoms with E-state index in [0.29, 0.717) is 5.69 Å². The third-order valence-electron chi connectivity index (χ3n) is 3.24. The van der Waals surface area contributed by atoms with Crippen LogP contribution in [0.1, 0.15) is 12.5 Å². The normalized spacial score (nSPS) is 10.1. The van der Waals surface area contributed by atoms with Crippen LogP contribution in [0.4, 0.5) is 11.4 Å². The van der Waals surface area contributed by atoms with Gasteiger partial charge in [0, 0.05) is 17.1 Å². The van der Waals surface area contributed by atoms with Crippen molar-refractivity contribution in [3.63, 3.8) is 0 Å². The number of amides is 2. The number of para-hydroxylation sites is 2. The zero-order valence-corrected chi connectivity index (χ0v) is 14.1. The van der Waals surface area contributed by atoms with Gasteiger partial charge >= 0.3 is 0 Å². The van der Waals surface area contributed by atoms with Crippen molar-refractivity contribution in [3.8, 4) is 0 Å². The number of halogens is 1. The highest BCUT2D eigenvalue weighted by Crippen LogP contribution is 2.25. The van der Waals surface area contributed by atoms with Crippen LogP contribution in [-0.2, 0) is 9.59 Å². The smallest absolute Gasteiger partial charge is 0.244 e. The summed E-state index contributed by atoms with van der Waals surface area (Å²) in [6, 6.07) is 14.9. The molecule has 1 N–H and O–H groups in total. The van der Waals surface area contributed by atoms with E-state index < -0.39 is 0 Å². The maximum Gasteiger partial charge on any atom is 0.244 e. The number of nitrogens with one attached hydrogen (secondary N) is 1. The second-order valence-electron chi connectivity index (χ2n) is 4.92. The zero-order valence-electron chi connectivity index (χ0n) is 12.5. The average Bonchev–Trinajstić information content (AvgIpc) is 2.48. The standard InChI is InChI=1S/C17H17BrN2O2/c1-12-7-3-5-9-15(12)19-17(22)11-20(13(2)21)16-10-6-4-8-14(16)18/h3-10H,11H2,1-2H3,(H,19,22). The third-order valence-corrected chi connectivity index (χ3v) is 3.91. The van der Waals surface area contributed by atoms with E-state index in [9.17, 15) is 9.59 Å². The fourth-order valence-electron chi connectivity index (χ4n) is 2.08. The molecule has 0 unspecified atom stereocenters. The molecule has 0 saturated carbocycles. The molecule has 0 heterocycles. The predicted molar refractivity (Wildman–Crippen MR) is 92.0 cm³/mol. The molecule has 5 heteroatoms. The molecular weight excluding hydrogens is 344 g/mol. The summed E-state index contributed by atoms with van der Waals surface area (Å²) in [4.78, 5) is 25.6. The summed E-state index contributed by atoms with van der Waals surface area (Å²) < 4.78 is 0.772. The monoisotopic (exact) mass is 360 g/mol. The Morgan fingerprint density at radius 2 is 1.73 bits per heavy atom. The molecule has 0 saturated heterocycles. The Hall–Kier alpha value is -2.14. The van der Waals surface area contributed by atoms with E-state index >= 15 is 0 Å². The Morgan fingerprint density at radius 1 is 1.09 bits per heavy atom. The van der Waals surface area contributed by atoms with E-state index in [0.717, 1.165) is 15.7 Å². The average molecular weight is 361 g/mol. The molecule has 0 aliphatic carbocycles. The largest absolute Gasteiger partial charge is 0.324 e. The van der Waals surface area contributed by atoms with Crippen molar-refractivity contribution < 1.29 is 9.59 Å². The van der Waals surface area contributed by atoms with Gasteiger partial charge in [-0.1, -0.05) is 30.3 Å². The number of anilines is 2. The summed E-state index contributed by atoms with van der Waals surface area (Å²) in [5.74, 6) is -0.424. The molecule has 0 atom stereocenters. The van der Waals surface area contributed by atoms with Gasteiger partial charge in [-0.3, -0.25) is 9.59 Å². The van der Waals surface area contributed by atoms with Gasteiger partial charge in [0.05, 0.1) is 5.69 Å². The highest BCUT2D eigenvalue weighted by molar-refractivity contribution is 9.10. The molecule has 4 nitrogen and oxygen atoms in total. The van der Waals surface area contributed by atoms with Gasteiger partial charge in [0.2, 0.25) is 11.8 Å². The lowest BCUT2D eigenvalue weighted by Crippen LogP contribution is -2.37. The first kappa shape index (κ1) is 16.2. The summed E-state index contributed by atoms with van der Waals surface area (Å²) in [6.07, 6.45) is 0. The number of hydrogen-bond acceptors (Lipinski definition) is 2. The van der Waals surface area contributed by atoms with E-state index in [4.69, 9.17) is 0 Å². The molecule has 2 aromatic carbocycles. The van der Waals surface area contributed by atoms with E-state index in [1.54, 1.807) is 6.07 Å². The zero-order chi connectivity index (χ0) is 16.1. The summed E-state index contributed by atoms with van der Waals surface area (Å²) in [7, 11) is 0. The van der Waals surface area contributed by atoms with Crippen molar-refractivity contribution in [2.45, 2.75) is 13.8 Å². The SMILES string of the molecule is CC(=O)N(CC(=O)Nc1ccccc1C)c1ccccc1Br. The first-order valence-electron chi connectivity index (χ1n) is 6.87. The van der Waals surface area contributed by atoms with Gasteiger partial charge in [0.1, 0.15) is 6.54 Å². The van der Waals surface area contributed by atoms with E-state index in [-0.39, 0.29) is 18.4 Å². The Balaban J connectivity index is 2.15. The van der Waals surface area contributed by atoms with Crippen molar-refractivity contribution in [2.24, 2.45) is 0 Å². The van der Waals surface area contributed by atoms with Crippen molar-refractivity contribution in [2.75, 3.05) is 16.8 Å². The molecule has 0 radical (unpaired) electrons. The van der Waals surface area contributed by atoms with Gasteiger partial charge in [-0.25, -0.2) is 0 Å². The van der Waals surface area contributed by atoms with Crippen LogP contribution >= 0.6 is 15.9 Å². The van der Waals surface area contributed by atoms with Crippen LogP contribution in [0.2, 0.25) is 0 Å². The van der Waals surface area contributed by atoms with Crippen molar-refractivity contribution in [1.82, 2.24) is 0 Å².